The van der Waals surface area contributed by atoms with Gasteiger partial charge in [0.1, 0.15) is 0 Å². The van der Waals surface area contributed by atoms with Crippen LogP contribution >= 0.6 is 46.6 Å². The average Bonchev–Trinajstić information content (AvgIpc) is 3.16. The van der Waals surface area contributed by atoms with Crippen LogP contribution in [-0.4, -0.2) is 19.9 Å². The van der Waals surface area contributed by atoms with Crippen molar-refractivity contribution < 1.29 is 5.09 Å². The van der Waals surface area contributed by atoms with Gasteiger partial charge in [0.25, 0.3) is 0 Å². The molecule has 1 atom stereocenters. The van der Waals surface area contributed by atoms with Crippen molar-refractivity contribution in [3.05, 3.63) is 97.1 Å². The van der Waals surface area contributed by atoms with E-state index in [0.29, 0.717) is 15.3 Å². The van der Waals surface area contributed by atoms with Crippen molar-refractivity contribution in [2.45, 2.75) is 29.5 Å². The molecule has 1 aromatic heterocycles. The second-order valence-corrected chi connectivity index (χ2v) is 8.50. The molecule has 154 valence electrons. The highest BCUT2D eigenvalue weighted by molar-refractivity contribution is 8.00. The van der Waals surface area contributed by atoms with Gasteiger partial charge >= 0.3 is 0 Å². The molecule has 2 aromatic carbocycles. The Morgan fingerprint density at radius 2 is 1.69 bits per heavy atom. The lowest BCUT2D eigenvalue weighted by atomic mass is 10.1. The van der Waals surface area contributed by atoms with Crippen molar-refractivity contribution in [1.82, 2.24) is 9.55 Å². The molecular formula is C19H17Cl3N3O3S-. The van der Waals surface area contributed by atoms with E-state index in [-0.39, 0.29) is 0 Å². The molecule has 1 unspecified atom stereocenters. The van der Waals surface area contributed by atoms with E-state index >= 15 is 0 Å². The number of thioether (sulfide) groups is 1. The lowest BCUT2D eigenvalue weighted by molar-refractivity contribution is -0.402. The molecule has 0 bridgehead atoms. The van der Waals surface area contributed by atoms with E-state index in [1.165, 1.54) is 5.56 Å². The number of halogens is 3. The minimum atomic E-state index is -1.75. The fourth-order valence-electron chi connectivity index (χ4n) is 2.56. The fraction of sp³-hybridized carbons (Fsp3) is 0.211. The highest BCUT2D eigenvalue weighted by Gasteiger charge is 2.16. The Bertz CT molecular complexity index is 885. The summed E-state index contributed by atoms with van der Waals surface area (Å²) in [5.74, 6) is 0. The second kappa shape index (κ2) is 11.9. The van der Waals surface area contributed by atoms with E-state index in [2.05, 4.69) is 21.7 Å². The van der Waals surface area contributed by atoms with Crippen LogP contribution in [0, 0.1) is 15.3 Å². The first kappa shape index (κ1) is 23.3. The molecule has 0 aliphatic rings. The van der Waals surface area contributed by atoms with Gasteiger partial charge < -0.3 is 19.9 Å². The van der Waals surface area contributed by atoms with Gasteiger partial charge in [-0.15, -0.1) is 11.8 Å². The highest BCUT2D eigenvalue weighted by atomic mass is 35.5. The number of imidazole rings is 1. The van der Waals surface area contributed by atoms with Crippen molar-refractivity contribution in [2.75, 3.05) is 0 Å². The van der Waals surface area contributed by atoms with E-state index in [1.807, 2.05) is 42.9 Å². The lowest BCUT2D eigenvalue weighted by Gasteiger charge is -2.19. The van der Waals surface area contributed by atoms with Gasteiger partial charge in [0.2, 0.25) is 0 Å². The number of hydrogen-bond acceptors (Lipinski definition) is 5. The van der Waals surface area contributed by atoms with E-state index < -0.39 is 5.09 Å². The van der Waals surface area contributed by atoms with Crippen LogP contribution in [0.25, 0.3) is 0 Å². The molecule has 0 spiro atoms. The highest BCUT2D eigenvalue weighted by Crippen LogP contribution is 2.38. The van der Waals surface area contributed by atoms with Crippen molar-refractivity contribution in [1.29, 1.82) is 0 Å². The smallest absolute Gasteiger partial charge is 0.0946 e. The van der Waals surface area contributed by atoms with Crippen LogP contribution in [0.5, 0.6) is 0 Å². The zero-order valence-electron chi connectivity index (χ0n) is 15.1. The van der Waals surface area contributed by atoms with E-state index in [1.54, 1.807) is 18.0 Å². The zero-order chi connectivity index (χ0) is 21.2. The summed E-state index contributed by atoms with van der Waals surface area (Å²) in [6.45, 7) is 0.847. The summed E-state index contributed by atoms with van der Waals surface area (Å²) in [4.78, 5) is 13.3. The third kappa shape index (κ3) is 8.53. The van der Waals surface area contributed by atoms with Crippen LogP contribution in [-0.2, 0) is 13.0 Å². The quantitative estimate of drug-likeness (QED) is 0.225. The molecule has 3 rings (SSSR count). The molecule has 1 heterocycles. The Balaban J connectivity index is 0.000000687. The maximum absolute atomic E-state index is 8.25. The fourth-order valence-corrected chi connectivity index (χ4v) is 4.53. The van der Waals surface area contributed by atoms with Crippen LogP contribution in [0.15, 0.2) is 66.1 Å². The van der Waals surface area contributed by atoms with E-state index in [9.17, 15) is 0 Å². The monoisotopic (exact) mass is 472 g/mol. The van der Waals surface area contributed by atoms with E-state index in [4.69, 9.17) is 50.1 Å². The average molecular weight is 474 g/mol. The van der Waals surface area contributed by atoms with Crippen LogP contribution in [0.2, 0.25) is 15.1 Å². The maximum Gasteiger partial charge on any atom is 0.0946 e. The van der Waals surface area contributed by atoms with Gasteiger partial charge in [-0.1, -0.05) is 53.0 Å². The predicted molar refractivity (Wildman–Crippen MR) is 118 cm³/mol. The summed E-state index contributed by atoms with van der Waals surface area (Å²) in [5.41, 5.74) is 1.27. The number of benzene rings is 2. The van der Waals surface area contributed by atoms with Crippen molar-refractivity contribution in [3.8, 4) is 0 Å². The molecular weight excluding hydrogens is 457 g/mol. The third-order valence-corrected chi connectivity index (χ3v) is 6.35. The van der Waals surface area contributed by atoms with Gasteiger partial charge in [-0.3, -0.25) is 0 Å². The van der Waals surface area contributed by atoms with Gasteiger partial charge in [0, 0.05) is 34.1 Å². The largest absolute Gasteiger partial charge is 0.356 e. The molecule has 6 nitrogen and oxygen atoms in total. The first-order chi connectivity index (χ1) is 13.8. The van der Waals surface area contributed by atoms with E-state index in [0.717, 1.165) is 29.3 Å². The van der Waals surface area contributed by atoms with Crippen LogP contribution in [0.1, 0.15) is 12.0 Å². The number of nitrogens with zero attached hydrogens (tertiary/aromatic N) is 3. The molecule has 0 saturated heterocycles. The second-order valence-electron chi connectivity index (χ2n) is 5.94. The SMILES string of the molecule is Clc1ccc(CCC(Cn2ccnc2)Sc2c(Cl)cccc2Cl)cc1.O=[N+]([O-])[O-]. The molecule has 0 amide bonds. The van der Waals surface area contributed by atoms with Crippen molar-refractivity contribution >= 4 is 46.6 Å². The molecule has 0 aliphatic carbocycles. The maximum atomic E-state index is 8.25. The Morgan fingerprint density at radius 3 is 2.24 bits per heavy atom. The lowest BCUT2D eigenvalue weighted by Crippen LogP contribution is -2.13. The zero-order valence-corrected chi connectivity index (χ0v) is 18.2. The van der Waals surface area contributed by atoms with Gasteiger partial charge in [-0.25, -0.2) is 4.98 Å². The molecule has 0 radical (unpaired) electrons. The summed E-state index contributed by atoms with van der Waals surface area (Å²) in [6.07, 6.45) is 7.56. The number of aromatic nitrogens is 2. The number of rotatable bonds is 7. The normalized spacial score (nSPS) is 11.4. The molecule has 29 heavy (non-hydrogen) atoms. The van der Waals surface area contributed by atoms with Crippen molar-refractivity contribution in [3.63, 3.8) is 0 Å². The number of aryl methyl sites for hydroxylation is 1. The topological polar surface area (TPSA) is 84.0 Å². The Labute approximate surface area is 187 Å². The van der Waals surface area contributed by atoms with Gasteiger partial charge in [-0.2, -0.15) is 0 Å². The Kier molecular flexibility index (Phi) is 9.60. The van der Waals surface area contributed by atoms with Crippen LogP contribution in [0.3, 0.4) is 0 Å². The van der Waals surface area contributed by atoms with Gasteiger partial charge in [0.05, 0.1) is 21.5 Å². The predicted octanol–water partition coefficient (Wildman–Crippen LogP) is 6.40. The third-order valence-electron chi connectivity index (χ3n) is 3.85. The number of hydrogen-bond donors (Lipinski definition) is 0. The van der Waals surface area contributed by atoms with Gasteiger partial charge in [0.15, 0.2) is 0 Å². The standard InChI is InChI=1S/C19H17Cl3N2S.NO3/c20-15-7-4-14(5-8-15)6-9-16(12-24-11-10-23-13-24)25-19-17(21)2-1-3-18(19)22;2-1(3)4/h1-5,7-8,10-11,13,16H,6,9,12H2;/q;-1. The first-order valence-electron chi connectivity index (χ1n) is 8.47. The molecule has 0 fully saturated rings. The summed E-state index contributed by atoms with van der Waals surface area (Å²) < 4.78 is 2.09. The van der Waals surface area contributed by atoms with Gasteiger partial charge in [-0.05, 0) is 42.7 Å². The Hall–Kier alpha value is -1.93. The molecule has 0 saturated carbocycles. The van der Waals surface area contributed by atoms with Crippen LogP contribution < -0.4 is 0 Å². The van der Waals surface area contributed by atoms with Crippen molar-refractivity contribution in [2.24, 2.45) is 0 Å². The minimum absolute atomic E-state index is 0.322. The van der Waals surface area contributed by atoms with Crippen LogP contribution in [0.4, 0.5) is 0 Å². The summed E-state index contributed by atoms with van der Waals surface area (Å²) in [7, 11) is 0. The minimum Gasteiger partial charge on any atom is -0.356 e. The molecule has 10 heteroatoms. The summed E-state index contributed by atoms with van der Waals surface area (Å²) >= 11 is 20.4. The molecule has 0 aliphatic heterocycles. The Morgan fingerprint density at radius 1 is 1.07 bits per heavy atom. The summed E-state index contributed by atoms with van der Waals surface area (Å²) in [6, 6.07) is 13.6. The molecule has 3 aromatic rings. The molecule has 0 N–H and O–H groups in total. The summed E-state index contributed by atoms with van der Waals surface area (Å²) in [5, 5.41) is 17.2. The first-order valence-corrected chi connectivity index (χ1v) is 10.5.